The van der Waals surface area contributed by atoms with Crippen LogP contribution in [0, 0.1) is 11.6 Å². The van der Waals surface area contributed by atoms with Gasteiger partial charge >= 0.3 is 0 Å². The lowest BCUT2D eigenvalue weighted by Gasteiger charge is -2.32. The number of nitrogens with zero attached hydrogens (tertiary/aromatic N) is 1. The average Bonchev–Trinajstić information content (AvgIpc) is 2.62. The Labute approximate surface area is 151 Å². The van der Waals surface area contributed by atoms with Crippen molar-refractivity contribution in [3.63, 3.8) is 0 Å². The van der Waals surface area contributed by atoms with Crippen LogP contribution in [-0.2, 0) is 15.6 Å². The number of hydrogen-bond acceptors (Lipinski definition) is 3. The van der Waals surface area contributed by atoms with E-state index in [-0.39, 0.29) is 24.4 Å². The largest absolute Gasteiger partial charge is 0.338 e. The van der Waals surface area contributed by atoms with Crippen molar-refractivity contribution < 1.29 is 22.0 Å². The summed E-state index contributed by atoms with van der Waals surface area (Å²) in [6.07, 6.45) is 0.618. The van der Waals surface area contributed by atoms with Crippen LogP contribution in [0.25, 0.3) is 0 Å². The van der Waals surface area contributed by atoms with Crippen molar-refractivity contribution >= 4 is 15.7 Å². The van der Waals surface area contributed by atoms with Crippen molar-refractivity contribution in [3.8, 4) is 0 Å². The summed E-state index contributed by atoms with van der Waals surface area (Å²) in [7, 11) is -3.33. The third kappa shape index (κ3) is 4.09. The fourth-order valence-corrected chi connectivity index (χ4v) is 5.00. The van der Waals surface area contributed by atoms with E-state index in [4.69, 9.17) is 0 Å². The molecule has 1 saturated heterocycles. The molecule has 0 aromatic heterocycles. The van der Waals surface area contributed by atoms with Crippen LogP contribution in [0.2, 0.25) is 0 Å². The van der Waals surface area contributed by atoms with Crippen molar-refractivity contribution in [2.45, 2.75) is 23.8 Å². The van der Waals surface area contributed by atoms with Crippen LogP contribution in [-0.4, -0.2) is 37.6 Å². The number of benzene rings is 2. The number of carbonyl (C=O) groups excluding carboxylic acids is 1. The van der Waals surface area contributed by atoms with Crippen LogP contribution in [0.4, 0.5) is 8.78 Å². The highest BCUT2D eigenvalue weighted by Gasteiger charge is 2.32. The molecule has 1 heterocycles. The highest BCUT2D eigenvalue weighted by molar-refractivity contribution is 7.91. The number of hydrogen-bond donors (Lipinski definition) is 0. The summed E-state index contributed by atoms with van der Waals surface area (Å²) in [6.45, 7) is 0.461. The fourth-order valence-electron chi connectivity index (χ4n) is 3.18. The number of halogens is 2. The summed E-state index contributed by atoms with van der Waals surface area (Å²) in [5.41, 5.74) is 0.538. The van der Waals surface area contributed by atoms with Gasteiger partial charge in [-0.25, -0.2) is 17.2 Å². The molecule has 0 radical (unpaired) electrons. The number of amides is 1. The molecule has 1 aliphatic rings. The Balaban J connectivity index is 1.64. The molecule has 0 N–H and O–H groups in total. The minimum Gasteiger partial charge on any atom is -0.338 e. The van der Waals surface area contributed by atoms with Gasteiger partial charge in [-0.1, -0.05) is 30.3 Å². The lowest BCUT2D eigenvalue weighted by atomic mass is 10.1. The summed E-state index contributed by atoms with van der Waals surface area (Å²) < 4.78 is 51.9. The monoisotopic (exact) mass is 379 g/mol. The normalized spacial score (nSPS) is 15.8. The van der Waals surface area contributed by atoms with E-state index in [1.165, 1.54) is 4.90 Å². The fraction of sp³-hybridized carbons (Fsp3) is 0.316. The summed E-state index contributed by atoms with van der Waals surface area (Å²) in [4.78, 5) is 13.8. The quantitative estimate of drug-likeness (QED) is 0.820. The highest BCUT2D eigenvalue weighted by atomic mass is 32.2. The van der Waals surface area contributed by atoms with Gasteiger partial charge in [-0.3, -0.25) is 4.79 Å². The zero-order valence-corrected chi connectivity index (χ0v) is 14.9. The molecule has 0 bridgehead atoms. The smallest absolute Gasteiger partial charge is 0.256 e. The lowest BCUT2D eigenvalue weighted by Crippen LogP contribution is -2.43. The van der Waals surface area contributed by atoms with E-state index in [1.807, 2.05) is 6.07 Å². The van der Waals surface area contributed by atoms with E-state index in [1.54, 1.807) is 24.3 Å². The second-order valence-electron chi connectivity index (χ2n) is 6.41. The Morgan fingerprint density at radius 1 is 1.04 bits per heavy atom. The van der Waals surface area contributed by atoms with Gasteiger partial charge in [-0.2, -0.15) is 0 Å². The van der Waals surface area contributed by atoms with Crippen molar-refractivity contribution in [3.05, 3.63) is 71.3 Å². The maximum absolute atomic E-state index is 13.8. The highest BCUT2D eigenvalue weighted by Crippen LogP contribution is 2.23. The summed E-state index contributed by atoms with van der Waals surface area (Å²) >= 11 is 0. The van der Waals surface area contributed by atoms with Gasteiger partial charge in [-0.05, 0) is 30.5 Å². The van der Waals surface area contributed by atoms with Crippen LogP contribution in [0.3, 0.4) is 0 Å². The zero-order chi connectivity index (χ0) is 18.7. The predicted molar refractivity (Wildman–Crippen MR) is 94.3 cm³/mol. The molecular formula is C19H19F2NO3S. The van der Waals surface area contributed by atoms with Gasteiger partial charge in [0.25, 0.3) is 5.91 Å². The summed E-state index contributed by atoms with van der Waals surface area (Å²) in [6, 6.07) is 11.8. The third-order valence-corrected chi connectivity index (χ3v) is 6.83. The molecular weight excluding hydrogens is 360 g/mol. The number of piperidine rings is 1. The van der Waals surface area contributed by atoms with Gasteiger partial charge in [0.2, 0.25) is 0 Å². The van der Waals surface area contributed by atoms with E-state index < -0.39 is 32.6 Å². The van der Waals surface area contributed by atoms with Gasteiger partial charge in [0.15, 0.2) is 9.84 Å². The number of carbonyl (C=O) groups is 1. The molecule has 138 valence electrons. The van der Waals surface area contributed by atoms with Crippen molar-refractivity contribution in [2.75, 3.05) is 13.1 Å². The van der Waals surface area contributed by atoms with Crippen LogP contribution >= 0.6 is 0 Å². The molecule has 0 aliphatic carbocycles. The molecule has 0 saturated carbocycles. The second-order valence-corrected chi connectivity index (χ2v) is 8.69. The first-order valence-electron chi connectivity index (χ1n) is 8.36. The topological polar surface area (TPSA) is 54.5 Å². The number of likely N-dealkylation sites (tertiary alicyclic amines) is 1. The average molecular weight is 379 g/mol. The van der Waals surface area contributed by atoms with E-state index in [2.05, 4.69) is 0 Å². The van der Waals surface area contributed by atoms with E-state index in [0.29, 0.717) is 18.9 Å². The number of sulfone groups is 1. The predicted octanol–water partition coefficient (Wildman–Crippen LogP) is 3.18. The van der Waals surface area contributed by atoms with Crippen molar-refractivity contribution in [2.24, 2.45) is 0 Å². The third-order valence-electron chi connectivity index (χ3n) is 4.61. The molecule has 3 rings (SSSR count). The Bertz CT molecular complexity index is 892. The van der Waals surface area contributed by atoms with Gasteiger partial charge in [0.1, 0.15) is 11.6 Å². The second kappa shape index (κ2) is 7.53. The first-order chi connectivity index (χ1) is 12.4. The minimum atomic E-state index is -3.33. The molecule has 0 unspecified atom stereocenters. The van der Waals surface area contributed by atoms with Crippen LogP contribution < -0.4 is 0 Å². The van der Waals surface area contributed by atoms with Crippen LogP contribution in [0.1, 0.15) is 28.8 Å². The first kappa shape index (κ1) is 18.5. The Morgan fingerprint density at radius 3 is 2.31 bits per heavy atom. The minimum absolute atomic E-state index is 0.0287. The molecule has 0 spiro atoms. The molecule has 2 aromatic rings. The van der Waals surface area contributed by atoms with Gasteiger partial charge in [0.05, 0.1) is 16.6 Å². The Kier molecular flexibility index (Phi) is 5.36. The van der Waals surface area contributed by atoms with Gasteiger partial charge in [0, 0.05) is 19.2 Å². The lowest BCUT2D eigenvalue weighted by molar-refractivity contribution is 0.0721. The molecule has 26 heavy (non-hydrogen) atoms. The van der Waals surface area contributed by atoms with Crippen molar-refractivity contribution in [1.29, 1.82) is 0 Å². The standard InChI is InChI=1S/C19H19F2NO3S/c20-15-6-7-17(18(21)12-15)19(23)22-10-8-16(9-11-22)26(24,25)13-14-4-2-1-3-5-14/h1-7,12,16H,8-11,13H2. The molecule has 1 amide bonds. The van der Waals surface area contributed by atoms with Gasteiger partial charge < -0.3 is 4.90 Å². The maximum Gasteiger partial charge on any atom is 0.256 e. The van der Waals surface area contributed by atoms with Crippen molar-refractivity contribution in [1.82, 2.24) is 4.90 Å². The Morgan fingerprint density at radius 2 is 1.69 bits per heavy atom. The molecule has 1 aliphatic heterocycles. The zero-order valence-electron chi connectivity index (χ0n) is 14.1. The maximum atomic E-state index is 13.8. The van der Waals surface area contributed by atoms with E-state index in [0.717, 1.165) is 17.7 Å². The van der Waals surface area contributed by atoms with E-state index >= 15 is 0 Å². The molecule has 7 heteroatoms. The number of rotatable bonds is 4. The first-order valence-corrected chi connectivity index (χ1v) is 10.1. The van der Waals surface area contributed by atoms with Crippen LogP contribution in [0.5, 0.6) is 0 Å². The van der Waals surface area contributed by atoms with Gasteiger partial charge in [-0.15, -0.1) is 0 Å². The molecule has 2 aromatic carbocycles. The van der Waals surface area contributed by atoms with E-state index in [9.17, 15) is 22.0 Å². The van der Waals surface area contributed by atoms with Crippen LogP contribution in [0.15, 0.2) is 48.5 Å². The molecule has 0 atom stereocenters. The summed E-state index contributed by atoms with van der Waals surface area (Å²) in [5.74, 6) is -2.22. The SMILES string of the molecule is O=C(c1ccc(F)cc1F)N1CCC(S(=O)(=O)Cc2ccccc2)CC1. The molecule has 1 fully saturated rings. The summed E-state index contributed by atoms with van der Waals surface area (Å²) in [5, 5.41) is -0.523. The Hall–Kier alpha value is -2.28. The molecule has 4 nitrogen and oxygen atoms in total.